The van der Waals surface area contributed by atoms with Crippen LogP contribution in [0.3, 0.4) is 0 Å². The van der Waals surface area contributed by atoms with E-state index in [1.165, 1.54) is 29.8 Å². The summed E-state index contributed by atoms with van der Waals surface area (Å²) in [6.07, 6.45) is 7.40. The van der Waals surface area contributed by atoms with Crippen LogP contribution in [-0.2, 0) is 17.8 Å². The Hall–Kier alpha value is -2.79. The van der Waals surface area contributed by atoms with Crippen molar-refractivity contribution in [2.45, 2.75) is 19.8 Å². The number of aromatic nitrogens is 3. The van der Waals surface area contributed by atoms with E-state index >= 15 is 0 Å². The summed E-state index contributed by atoms with van der Waals surface area (Å²) in [5.41, 5.74) is 4.69. The van der Waals surface area contributed by atoms with Gasteiger partial charge in [-0.15, -0.1) is 4.31 Å². The summed E-state index contributed by atoms with van der Waals surface area (Å²) in [4.78, 5) is 11.2. The third-order valence-corrected chi connectivity index (χ3v) is 8.18. The van der Waals surface area contributed by atoms with Gasteiger partial charge in [0.2, 0.25) is 5.13 Å². The lowest BCUT2D eigenvalue weighted by atomic mass is 10.0. The molecule has 1 aliphatic rings. The number of aryl methyl sites for hydroxylation is 1. The van der Waals surface area contributed by atoms with Gasteiger partial charge in [0, 0.05) is 36.7 Å². The zero-order valence-corrected chi connectivity index (χ0v) is 21.3. The Morgan fingerprint density at radius 1 is 1.11 bits per heavy atom. The van der Waals surface area contributed by atoms with E-state index < -0.39 is 16.5 Å². The van der Waals surface area contributed by atoms with Crippen LogP contribution in [0.1, 0.15) is 24.6 Å². The van der Waals surface area contributed by atoms with Crippen LogP contribution in [0.2, 0.25) is 0 Å². The number of fused-ring (bicyclic) bond motifs is 1. The topological polar surface area (TPSA) is 59.7 Å². The molecule has 1 atom stereocenters. The van der Waals surface area contributed by atoms with E-state index in [-0.39, 0.29) is 11.5 Å². The first-order valence-corrected chi connectivity index (χ1v) is 13.6. The maximum Gasteiger partial charge on any atom is 0.206 e. The van der Waals surface area contributed by atoms with Crippen LogP contribution < -0.4 is 4.90 Å². The lowest BCUT2D eigenvalue weighted by Crippen LogP contribution is -2.33. The number of hydrogen-bond acceptors (Lipinski definition) is 6. The highest BCUT2D eigenvalue weighted by Crippen LogP contribution is 2.36. The van der Waals surface area contributed by atoms with E-state index in [2.05, 4.69) is 23.3 Å². The average molecular weight is 514 g/mol. The molecule has 5 rings (SSSR count). The molecule has 182 valence electrons. The van der Waals surface area contributed by atoms with E-state index in [1.807, 2.05) is 33.6 Å². The molecule has 10 heteroatoms. The molecular formula is C25H25F2N5OS2. The predicted octanol–water partition coefficient (Wildman–Crippen LogP) is 5.45. The van der Waals surface area contributed by atoms with Crippen LogP contribution in [0.25, 0.3) is 22.5 Å². The highest BCUT2D eigenvalue weighted by Gasteiger charge is 2.23. The van der Waals surface area contributed by atoms with Crippen molar-refractivity contribution in [1.82, 2.24) is 18.7 Å². The van der Waals surface area contributed by atoms with E-state index in [0.29, 0.717) is 23.7 Å². The molecule has 0 radical (unpaired) electrons. The monoisotopic (exact) mass is 513 g/mol. The molecule has 1 unspecified atom stereocenters. The minimum Gasteiger partial charge on any atom is -0.598 e. The first kappa shape index (κ1) is 23.9. The molecule has 4 aromatic rings. The maximum absolute atomic E-state index is 14.9. The van der Waals surface area contributed by atoms with Crippen molar-refractivity contribution in [2.24, 2.45) is 0 Å². The van der Waals surface area contributed by atoms with Crippen molar-refractivity contribution in [1.29, 1.82) is 0 Å². The van der Waals surface area contributed by atoms with Gasteiger partial charge in [0.1, 0.15) is 29.2 Å². The second-order valence-electron chi connectivity index (χ2n) is 8.36. The third-order valence-electron chi connectivity index (χ3n) is 6.20. The lowest BCUT2D eigenvalue weighted by Gasteiger charge is -2.25. The minimum atomic E-state index is -0.978. The molecule has 0 saturated carbocycles. The molecule has 0 bridgehead atoms. The molecule has 0 fully saturated rings. The maximum atomic E-state index is 14.9. The molecule has 1 aromatic carbocycles. The standard InChI is InChI=1S/C25H25F2N5OS2/c1-4-20-24(30(2)25-29-22(23(27)34-25)17-5-8-19(26)9-6-17)32-15-18(7-10-21(32)28-20)16-11-13-31(14-12-16)35(3)33/h5-11,15H,4,12-14H2,1-3H3. The molecule has 0 N–H and O–H groups in total. The van der Waals surface area contributed by atoms with E-state index in [0.717, 1.165) is 47.0 Å². The molecule has 0 aliphatic carbocycles. The zero-order valence-electron chi connectivity index (χ0n) is 19.7. The number of benzene rings is 1. The molecule has 0 saturated heterocycles. The smallest absolute Gasteiger partial charge is 0.206 e. The van der Waals surface area contributed by atoms with Gasteiger partial charge in [-0.2, -0.15) is 4.39 Å². The SMILES string of the molecule is CCc1nc2ccc(C3=CCN([S+](C)[O-])CC3)cn2c1N(C)c1nc(-c2ccc(F)cc2)c(F)s1. The molecular weight excluding hydrogens is 488 g/mol. The van der Waals surface area contributed by atoms with Crippen LogP contribution in [0.5, 0.6) is 0 Å². The molecule has 1 aliphatic heterocycles. The second-order valence-corrected chi connectivity index (χ2v) is 10.6. The molecule has 4 heterocycles. The highest BCUT2D eigenvalue weighted by atomic mass is 32.2. The molecule has 6 nitrogen and oxygen atoms in total. The zero-order chi connectivity index (χ0) is 24.7. The normalized spacial score (nSPS) is 15.4. The van der Waals surface area contributed by atoms with Crippen molar-refractivity contribution in [3.63, 3.8) is 0 Å². The fourth-order valence-electron chi connectivity index (χ4n) is 4.32. The average Bonchev–Trinajstić information content (AvgIpc) is 3.44. The van der Waals surface area contributed by atoms with Gasteiger partial charge >= 0.3 is 0 Å². The van der Waals surface area contributed by atoms with Gasteiger partial charge in [0.05, 0.1) is 12.2 Å². The predicted molar refractivity (Wildman–Crippen MR) is 138 cm³/mol. The van der Waals surface area contributed by atoms with Gasteiger partial charge in [-0.25, -0.2) is 14.4 Å². The minimum absolute atomic E-state index is 0.203. The summed E-state index contributed by atoms with van der Waals surface area (Å²) >= 11 is -0.0277. The van der Waals surface area contributed by atoms with Crippen LogP contribution in [0.15, 0.2) is 48.7 Å². The van der Waals surface area contributed by atoms with E-state index in [1.54, 1.807) is 6.26 Å². The Kier molecular flexibility index (Phi) is 6.63. The van der Waals surface area contributed by atoms with Gasteiger partial charge in [0.15, 0.2) is 5.13 Å². The third kappa shape index (κ3) is 4.58. The number of thiazole rings is 1. The lowest BCUT2D eigenvalue weighted by molar-refractivity contribution is 0.445. The van der Waals surface area contributed by atoms with Crippen LogP contribution in [-0.4, -0.2) is 49.6 Å². The van der Waals surface area contributed by atoms with Gasteiger partial charge in [-0.1, -0.05) is 24.3 Å². The van der Waals surface area contributed by atoms with Gasteiger partial charge in [-0.05, 0) is 60.4 Å². The first-order valence-electron chi connectivity index (χ1n) is 11.3. The number of pyridine rings is 1. The second kappa shape index (κ2) is 9.69. The summed E-state index contributed by atoms with van der Waals surface area (Å²) < 4.78 is 43.9. The summed E-state index contributed by atoms with van der Waals surface area (Å²) in [6, 6.07) is 9.71. The number of hydrogen-bond donors (Lipinski definition) is 0. The van der Waals surface area contributed by atoms with Crippen LogP contribution in [0, 0.1) is 10.9 Å². The first-order chi connectivity index (χ1) is 16.9. The number of anilines is 2. The number of nitrogens with zero attached hydrogens (tertiary/aromatic N) is 5. The van der Waals surface area contributed by atoms with Crippen molar-refractivity contribution in [3.05, 3.63) is 70.9 Å². The van der Waals surface area contributed by atoms with E-state index in [4.69, 9.17) is 4.98 Å². The number of rotatable bonds is 6. The highest BCUT2D eigenvalue weighted by molar-refractivity contribution is 7.88. The van der Waals surface area contributed by atoms with Gasteiger partial charge in [-0.3, -0.25) is 4.40 Å². The van der Waals surface area contributed by atoms with E-state index in [9.17, 15) is 13.3 Å². The van der Waals surface area contributed by atoms with Gasteiger partial charge in [0.25, 0.3) is 0 Å². The van der Waals surface area contributed by atoms with Crippen LogP contribution >= 0.6 is 11.3 Å². The largest absolute Gasteiger partial charge is 0.598 e. The Balaban J connectivity index is 1.53. The quantitative estimate of drug-likeness (QED) is 0.321. The Morgan fingerprint density at radius 2 is 1.86 bits per heavy atom. The Labute approximate surface area is 209 Å². The van der Waals surface area contributed by atoms with Crippen molar-refractivity contribution in [2.75, 3.05) is 31.3 Å². The molecule has 3 aromatic heterocycles. The number of imidazole rings is 1. The van der Waals surface area contributed by atoms with Crippen molar-refractivity contribution >= 4 is 44.9 Å². The van der Waals surface area contributed by atoms with Crippen molar-refractivity contribution < 1.29 is 13.3 Å². The summed E-state index contributed by atoms with van der Waals surface area (Å²) in [7, 11) is 1.86. The molecule has 35 heavy (non-hydrogen) atoms. The summed E-state index contributed by atoms with van der Waals surface area (Å²) in [5, 5.41) is 0.0675. The summed E-state index contributed by atoms with van der Waals surface area (Å²) in [5.74, 6) is 0.455. The number of halogens is 2. The van der Waals surface area contributed by atoms with Crippen LogP contribution in [0.4, 0.5) is 19.7 Å². The summed E-state index contributed by atoms with van der Waals surface area (Å²) in [6.45, 7) is 3.43. The van der Waals surface area contributed by atoms with Gasteiger partial charge < -0.3 is 9.45 Å². The fourth-order valence-corrected chi connectivity index (χ4v) is 5.73. The fraction of sp³-hybridized carbons (Fsp3) is 0.280. The molecule has 0 spiro atoms. The Bertz CT molecular complexity index is 1400. The Morgan fingerprint density at radius 3 is 2.51 bits per heavy atom. The van der Waals surface area contributed by atoms with Crippen molar-refractivity contribution in [3.8, 4) is 11.3 Å². The molecule has 0 amide bonds.